The maximum atomic E-state index is 6.26. The minimum Gasteiger partial charge on any atom is -0.309 e. The third-order valence-electron chi connectivity index (χ3n) is 5.10. The Kier molecular flexibility index (Phi) is 3.80. The molecule has 0 fully saturated rings. The Labute approximate surface area is 161 Å². The van der Waals surface area contributed by atoms with Crippen molar-refractivity contribution in [1.29, 1.82) is 0 Å². The third kappa shape index (κ3) is 2.46. The van der Waals surface area contributed by atoms with Gasteiger partial charge in [0.2, 0.25) is 0 Å². The molecule has 0 saturated heterocycles. The van der Waals surface area contributed by atoms with Crippen LogP contribution in [0.1, 0.15) is 18.4 Å². The van der Waals surface area contributed by atoms with E-state index in [9.17, 15) is 0 Å². The summed E-state index contributed by atoms with van der Waals surface area (Å²) in [5.41, 5.74) is 5.98. The summed E-state index contributed by atoms with van der Waals surface area (Å²) in [6, 6.07) is 16.2. The lowest BCUT2D eigenvalue weighted by atomic mass is 10.0. The number of benzene rings is 2. The smallest absolute Gasteiger partial charge is 0.162 e. The van der Waals surface area contributed by atoms with Crippen molar-refractivity contribution >= 4 is 28.8 Å². The van der Waals surface area contributed by atoms with Crippen LogP contribution in [0.15, 0.2) is 54.7 Å². The van der Waals surface area contributed by atoms with Crippen LogP contribution in [0.3, 0.4) is 0 Å². The highest BCUT2D eigenvalue weighted by Crippen LogP contribution is 2.36. The molecule has 5 heteroatoms. The number of aryl methyl sites for hydroxylation is 2. The molecule has 0 aliphatic carbocycles. The molecule has 5 rings (SSSR count). The molecule has 26 heavy (non-hydrogen) atoms. The molecule has 1 aliphatic rings. The normalized spacial score (nSPS) is 13.9. The molecule has 0 bridgehead atoms. The second-order valence-corrected chi connectivity index (χ2v) is 7.53. The summed E-state index contributed by atoms with van der Waals surface area (Å²) in [4.78, 5) is 0. The van der Waals surface area contributed by atoms with E-state index in [1.807, 2.05) is 28.8 Å². The topological polar surface area (TPSA) is 22.2 Å². The number of hydrogen-bond acceptors (Lipinski definition) is 1. The zero-order valence-electron chi connectivity index (χ0n) is 14.1. The highest BCUT2D eigenvalue weighted by molar-refractivity contribution is 6.42. The molecule has 4 aromatic rings. The lowest BCUT2D eigenvalue weighted by Crippen LogP contribution is -1.99. The number of aromatic nitrogens is 3. The average Bonchev–Trinajstić information content (AvgIpc) is 3.09. The van der Waals surface area contributed by atoms with Gasteiger partial charge in [-0.1, -0.05) is 59.6 Å². The number of nitrogens with zero attached hydrogens (tertiary/aromatic N) is 3. The van der Waals surface area contributed by atoms with Gasteiger partial charge in [-0.2, -0.15) is 0 Å². The maximum absolute atomic E-state index is 6.26. The molecule has 2 aromatic carbocycles. The van der Waals surface area contributed by atoms with Crippen molar-refractivity contribution in [2.45, 2.75) is 25.8 Å². The van der Waals surface area contributed by atoms with E-state index in [1.54, 1.807) is 0 Å². The molecule has 0 radical (unpaired) electrons. The van der Waals surface area contributed by atoms with Crippen LogP contribution in [-0.2, 0) is 13.0 Å². The van der Waals surface area contributed by atoms with Crippen LogP contribution in [-0.4, -0.2) is 14.2 Å². The summed E-state index contributed by atoms with van der Waals surface area (Å²) in [5.74, 6) is 1.03. The fraction of sp³-hybridized carbons (Fsp3) is 0.190. The minimum absolute atomic E-state index is 0.582. The summed E-state index contributed by atoms with van der Waals surface area (Å²) in [6.45, 7) is 0.992. The Bertz CT molecular complexity index is 1110. The molecule has 0 N–H and O–H groups in total. The molecule has 0 saturated carbocycles. The van der Waals surface area contributed by atoms with Gasteiger partial charge in [0.05, 0.1) is 10.0 Å². The largest absolute Gasteiger partial charge is 0.309 e. The van der Waals surface area contributed by atoms with Crippen LogP contribution >= 0.6 is 23.2 Å². The minimum atomic E-state index is 0.582. The second kappa shape index (κ2) is 6.19. The molecular formula is C21H17Cl2N3. The Morgan fingerprint density at radius 2 is 1.73 bits per heavy atom. The first-order chi connectivity index (χ1) is 12.7. The van der Waals surface area contributed by atoms with Gasteiger partial charge < -0.3 is 4.57 Å². The molecule has 1 aliphatic heterocycles. The summed E-state index contributed by atoms with van der Waals surface area (Å²) < 4.78 is 4.39. The molecule has 3 heterocycles. The number of rotatable bonds is 2. The molecule has 0 atom stereocenters. The molecular weight excluding hydrogens is 365 g/mol. The Balaban J connectivity index is 1.74. The number of hydrogen-bond donors (Lipinski definition) is 0. The predicted octanol–water partition coefficient (Wildman–Crippen LogP) is 6.11. The molecule has 0 amide bonds. The van der Waals surface area contributed by atoms with Crippen molar-refractivity contribution in [2.24, 2.45) is 0 Å². The van der Waals surface area contributed by atoms with E-state index >= 15 is 0 Å². The first kappa shape index (κ1) is 16.0. The van der Waals surface area contributed by atoms with Crippen LogP contribution in [0.4, 0.5) is 0 Å². The van der Waals surface area contributed by atoms with Gasteiger partial charge in [0.15, 0.2) is 5.82 Å². The van der Waals surface area contributed by atoms with Gasteiger partial charge >= 0.3 is 0 Å². The molecule has 0 unspecified atom stereocenters. The first-order valence-corrected chi connectivity index (χ1v) is 9.59. The standard InChI is InChI=1S/C21H17Cl2N3/c22-18-10-9-15(12-19(18)23)17-13-26-21-16(17)8-4-5-11-25(21)20(24-26)14-6-2-1-3-7-14/h1-3,6-7,9-10,12-13H,4-5,8,11H2. The van der Waals surface area contributed by atoms with Gasteiger partial charge in [-0.15, -0.1) is 5.10 Å². The van der Waals surface area contributed by atoms with Gasteiger partial charge in [0.25, 0.3) is 0 Å². The van der Waals surface area contributed by atoms with E-state index < -0.39 is 0 Å². The Hall–Kier alpha value is -2.23. The van der Waals surface area contributed by atoms with Crippen molar-refractivity contribution in [1.82, 2.24) is 14.2 Å². The molecule has 130 valence electrons. The van der Waals surface area contributed by atoms with Crippen LogP contribution < -0.4 is 0 Å². The summed E-state index contributed by atoms with van der Waals surface area (Å²) in [6.07, 6.45) is 5.50. The quantitative estimate of drug-likeness (QED) is 0.410. The molecule has 2 aromatic heterocycles. The maximum Gasteiger partial charge on any atom is 0.162 e. The van der Waals surface area contributed by atoms with Gasteiger partial charge in [-0.05, 0) is 37.0 Å². The lowest BCUT2D eigenvalue weighted by Gasteiger charge is -2.07. The second-order valence-electron chi connectivity index (χ2n) is 6.72. The van der Waals surface area contributed by atoms with Gasteiger partial charge in [0, 0.05) is 29.4 Å². The van der Waals surface area contributed by atoms with Gasteiger partial charge in [-0.3, -0.25) is 0 Å². The van der Waals surface area contributed by atoms with Crippen molar-refractivity contribution in [3.63, 3.8) is 0 Å². The zero-order valence-corrected chi connectivity index (χ0v) is 15.6. The summed E-state index contributed by atoms with van der Waals surface area (Å²) in [7, 11) is 0. The van der Waals surface area contributed by atoms with Gasteiger partial charge in [0.1, 0.15) is 5.65 Å². The fourth-order valence-corrected chi connectivity index (χ4v) is 4.18. The van der Waals surface area contributed by atoms with Crippen LogP contribution in [0.5, 0.6) is 0 Å². The van der Waals surface area contributed by atoms with Crippen LogP contribution in [0.2, 0.25) is 10.0 Å². The van der Waals surface area contributed by atoms with E-state index in [0.717, 1.165) is 36.3 Å². The average molecular weight is 382 g/mol. The monoisotopic (exact) mass is 381 g/mol. The predicted molar refractivity (Wildman–Crippen MR) is 107 cm³/mol. The van der Waals surface area contributed by atoms with E-state index in [0.29, 0.717) is 10.0 Å². The van der Waals surface area contributed by atoms with E-state index in [1.165, 1.54) is 23.2 Å². The molecule has 0 spiro atoms. The van der Waals surface area contributed by atoms with Crippen molar-refractivity contribution in [3.05, 3.63) is 70.3 Å². The fourth-order valence-electron chi connectivity index (χ4n) is 3.88. The SMILES string of the molecule is Clc1ccc(-c2cn3nc(-c4ccccc4)n4c3c2CCCC4)cc1Cl. The Morgan fingerprint density at radius 3 is 2.54 bits per heavy atom. The van der Waals surface area contributed by atoms with Gasteiger partial charge in [-0.25, -0.2) is 4.52 Å². The van der Waals surface area contributed by atoms with E-state index in [4.69, 9.17) is 28.3 Å². The molecule has 3 nitrogen and oxygen atoms in total. The van der Waals surface area contributed by atoms with Crippen LogP contribution in [0, 0.1) is 0 Å². The summed E-state index contributed by atoms with van der Waals surface area (Å²) >= 11 is 12.4. The van der Waals surface area contributed by atoms with Crippen molar-refractivity contribution < 1.29 is 0 Å². The zero-order chi connectivity index (χ0) is 17.7. The number of halogens is 2. The third-order valence-corrected chi connectivity index (χ3v) is 5.84. The highest BCUT2D eigenvalue weighted by Gasteiger charge is 2.23. The van der Waals surface area contributed by atoms with E-state index in [-0.39, 0.29) is 0 Å². The summed E-state index contributed by atoms with van der Waals surface area (Å²) in [5, 5.41) is 6.07. The van der Waals surface area contributed by atoms with Crippen molar-refractivity contribution in [2.75, 3.05) is 0 Å². The van der Waals surface area contributed by atoms with Crippen molar-refractivity contribution in [3.8, 4) is 22.5 Å². The first-order valence-electron chi connectivity index (χ1n) is 8.84. The lowest BCUT2D eigenvalue weighted by molar-refractivity contribution is 0.645. The Morgan fingerprint density at radius 1 is 0.885 bits per heavy atom. The van der Waals surface area contributed by atoms with E-state index in [2.05, 4.69) is 35.0 Å². The highest BCUT2D eigenvalue weighted by atomic mass is 35.5. The van der Waals surface area contributed by atoms with Crippen LogP contribution in [0.25, 0.3) is 28.2 Å².